The molecule has 2 heterocycles. The highest BCUT2D eigenvalue weighted by molar-refractivity contribution is 9.10. The Hall–Kier alpha value is -1.14. The van der Waals surface area contributed by atoms with Gasteiger partial charge in [-0.05, 0) is 48.0 Å². The largest absolute Gasteiger partial charge is 0.453 e. The lowest BCUT2D eigenvalue weighted by Gasteiger charge is -2.16. The first-order valence-electron chi connectivity index (χ1n) is 6.59. The van der Waals surface area contributed by atoms with Crippen LogP contribution in [-0.4, -0.2) is 21.3 Å². The summed E-state index contributed by atoms with van der Waals surface area (Å²) in [6.07, 6.45) is 3.46. The molecular formula is C13H19BrN4O. The summed E-state index contributed by atoms with van der Waals surface area (Å²) in [5.74, 6) is 1.90. The van der Waals surface area contributed by atoms with Gasteiger partial charge in [0.2, 0.25) is 0 Å². The minimum Gasteiger partial charge on any atom is -0.453 e. The fourth-order valence-corrected chi connectivity index (χ4v) is 2.32. The summed E-state index contributed by atoms with van der Waals surface area (Å²) >= 11 is 3.35. The molecule has 104 valence electrons. The molecule has 0 aromatic carbocycles. The number of hydrogen-bond donors (Lipinski definition) is 1. The van der Waals surface area contributed by atoms with Crippen molar-refractivity contribution in [1.29, 1.82) is 0 Å². The Kier molecular flexibility index (Phi) is 5.15. The van der Waals surface area contributed by atoms with Gasteiger partial charge in [0.15, 0.2) is 4.67 Å². The zero-order chi connectivity index (χ0) is 13.7. The molecule has 0 spiro atoms. The van der Waals surface area contributed by atoms with E-state index in [9.17, 15) is 0 Å². The first-order chi connectivity index (χ1) is 9.24. The average molecular weight is 327 g/mol. The van der Waals surface area contributed by atoms with Crippen LogP contribution in [0.25, 0.3) is 0 Å². The normalized spacial score (nSPS) is 12.8. The Balaban J connectivity index is 2.14. The van der Waals surface area contributed by atoms with E-state index in [-0.39, 0.29) is 6.04 Å². The van der Waals surface area contributed by atoms with Gasteiger partial charge in [-0.1, -0.05) is 6.92 Å². The summed E-state index contributed by atoms with van der Waals surface area (Å²) in [5.41, 5.74) is 0. The molecule has 0 saturated heterocycles. The summed E-state index contributed by atoms with van der Waals surface area (Å²) in [6, 6.07) is 4.03. The molecule has 2 aromatic rings. The first kappa shape index (κ1) is 14.3. The Morgan fingerprint density at radius 2 is 2.26 bits per heavy atom. The highest BCUT2D eigenvalue weighted by atomic mass is 79.9. The van der Waals surface area contributed by atoms with E-state index in [1.807, 2.05) is 16.8 Å². The number of aryl methyl sites for hydroxylation is 1. The molecule has 0 bridgehead atoms. The Labute approximate surface area is 121 Å². The smallest absolute Gasteiger partial charge is 0.169 e. The van der Waals surface area contributed by atoms with Crippen molar-refractivity contribution in [3.8, 4) is 0 Å². The summed E-state index contributed by atoms with van der Waals surface area (Å²) in [5, 5.41) is 7.70. The van der Waals surface area contributed by atoms with Gasteiger partial charge in [-0.3, -0.25) is 4.68 Å². The van der Waals surface area contributed by atoms with E-state index in [1.165, 1.54) is 0 Å². The maximum absolute atomic E-state index is 5.66. The molecule has 19 heavy (non-hydrogen) atoms. The van der Waals surface area contributed by atoms with Gasteiger partial charge in [-0.15, -0.1) is 0 Å². The average Bonchev–Trinajstić information content (AvgIpc) is 3.02. The van der Waals surface area contributed by atoms with Crippen molar-refractivity contribution in [2.75, 3.05) is 6.54 Å². The molecule has 1 unspecified atom stereocenters. The lowest BCUT2D eigenvalue weighted by Crippen LogP contribution is -2.25. The van der Waals surface area contributed by atoms with Crippen LogP contribution in [0.2, 0.25) is 0 Å². The van der Waals surface area contributed by atoms with Gasteiger partial charge in [0.25, 0.3) is 0 Å². The lowest BCUT2D eigenvalue weighted by atomic mass is 10.1. The standard InChI is InChI=1S/C13H19BrN4O/c1-3-7-15-10(11-5-6-12(14)19-11)8-13-16-9-17-18(13)4-2/h5-6,9-10,15H,3-4,7-8H2,1-2H3. The first-order valence-corrected chi connectivity index (χ1v) is 7.39. The van der Waals surface area contributed by atoms with Crippen LogP contribution in [0.1, 0.15) is 37.9 Å². The van der Waals surface area contributed by atoms with Crippen LogP contribution in [0.3, 0.4) is 0 Å². The number of nitrogens with zero attached hydrogens (tertiary/aromatic N) is 3. The van der Waals surface area contributed by atoms with Crippen molar-refractivity contribution in [3.63, 3.8) is 0 Å². The monoisotopic (exact) mass is 326 g/mol. The van der Waals surface area contributed by atoms with Gasteiger partial charge in [0.05, 0.1) is 6.04 Å². The summed E-state index contributed by atoms with van der Waals surface area (Å²) in [4.78, 5) is 4.33. The molecule has 0 fully saturated rings. The molecule has 1 atom stereocenters. The maximum Gasteiger partial charge on any atom is 0.169 e. The Bertz CT molecular complexity index is 508. The molecule has 0 aliphatic heterocycles. The van der Waals surface area contributed by atoms with Gasteiger partial charge in [0, 0.05) is 13.0 Å². The minimum atomic E-state index is 0.126. The van der Waals surface area contributed by atoms with E-state index in [0.717, 1.165) is 42.2 Å². The third kappa shape index (κ3) is 3.67. The molecule has 1 N–H and O–H groups in total. The fraction of sp³-hybridized carbons (Fsp3) is 0.538. The quantitative estimate of drug-likeness (QED) is 0.849. The number of rotatable bonds is 7. The van der Waals surface area contributed by atoms with Crippen LogP contribution in [0.15, 0.2) is 27.5 Å². The second kappa shape index (κ2) is 6.86. The van der Waals surface area contributed by atoms with Crippen molar-refractivity contribution >= 4 is 15.9 Å². The summed E-state index contributed by atoms with van der Waals surface area (Å²) in [7, 11) is 0. The zero-order valence-electron chi connectivity index (χ0n) is 11.3. The number of hydrogen-bond acceptors (Lipinski definition) is 4. The zero-order valence-corrected chi connectivity index (χ0v) is 12.9. The van der Waals surface area contributed by atoms with Gasteiger partial charge < -0.3 is 9.73 Å². The Morgan fingerprint density at radius 3 is 2.89 bits per heavy atom. The SMILES string of the molecule is CCCNC(Cc1ncnn1CC)c1ccc(Br)o1. The van der Waals surface area contributed by atoms with Crippen LogP contribution in [-0.2, 0) is 13.0 Å². The van der Waals surface area contributed by atoms with E-state index in [4.69, 9.17) is 4.42 Å². The van der Waals surface area contributed by atoms with Crippen LogP contribution in [0, 0.1) is 0 Å². The maximum atomic E-state index is 5.66. The second-order valence-electron chi connectivity index (χ2n) is 4.34. The number of aromatic nitrogens is 3. The van der Waals surface area contributed by atoms with Gasteiger partial charge in [0.1, 0.15) is 17.9 Å². The van der Waals surface area contributed by atoms with Crippen LogP contribution in [0.5, 0.6) is 0 Å². The molecule has 2 rings (SSSR count). The van der Waals surface area contributed by atoms with Crippen molar-refractivity contribution < 1.29 is 4.42 Å². The van der Waals surface area contributed by atoms with Crippen LogP contribution < -0.4 is 5.32 Å². The molecule has 5 nitrogen and oxygen atoms in total. The van der Waals surface area contributed by atoms with Crippen molar-refractivity contribution in [2.24, 2.45) is 0 Å². The molecule has 0 aliphatic carbocycles. The third-order valence-electron chi connectivity index (χ3n) is 2.96. The van der Waals surface area contributed by atoms with E-state index < -0.39 is 0 Å². The molecule has 2 aromatic heterocycles. The topological polar surface area (TPSA) is 55.9 Å². The van der Waals surface area contributed by atoms with Crippen molar-refractivity contribution in [2.45, 2.75) is 39.3 Å². The fourth-order valence-electron chi connectivity index (χ4n) is 2.00. The van der Waals surface area contributed by atoms with Crippen molar-refractivity contribution in [3.05, 3.63) is 34.7 Å². The molecular weight excluding hydrogens is 308 g/mol. The lowest BCUT2D eigenvalue weighted by molar-refractivity contribution is 0.391. The van der Waals surface area contributed by atoms with E-state index in [0.29, 0.717) is 0 Å². The van der Waals surface area contributed by atoms with E-state index in [1.54, 1.807) is 6.33 Å². The predicted molar refractivity (Wildman–Crippen MR) is 76.8 cm³/mol. The number of nitrogens with one attached hydrogen (secondary N) is 1. The highest BCUT2D eigenvalue weighted by Crippen LogP contribution is 2.23. The van der Waals surface area contributed by atoms with E-state index >= 15 is 0 Å². The number of halogens is 1. The van der Waals surface area contributed by atoms with Crippen LogP contribution in [0.4, 0.5) is 0 Å². The number of furan rings is 1. The molecule has 0 amide bonds. The third-order valence-corrected chi connectivity index (χ3v) is 3.39. The summed E-state index contributed by atoms with van der Waals surface area (Å²) < 4.78 is 8.33. The minimum absolute atomic E-state index is 0.126. The summed E-state index contributed by atoms with van der Waals surface area (Å²) in [6.45, 7) is 5.99. The van der Waals surface area contributed by atoms with Gasteiger partial charge in [-0.2, -0.15) is 5.10 Å². The predicted octanol–water partition coefficient (Wildman–Crippen LogP) is 2.94. The molecule has 0 radical (unpaired) electrons. The molecule has 6 heteroatoms. The second-order valence-corrected chi connectivity index (χ2v) is 5.13. The molecule has 0 aliphatic rings. The highest BCUT2D eigenvalue weighted by Gasteiger charge is 2.18. The van der Waals surface area contributed by atoms with Crippen molar-refractivity contribution in [1.82, 2.24) is 20.1 Å². The molecule has 0 saturated carbocycles. The van der Waals surface area contributed by atoms with E-state index in [2.05, 4.69) is 45.2 Å². The van der Waals surface area contributed by atoms with Gasteiger partial charge in [-0.25, -0.2) is 4.98 Å². The van der Waals surface area contributed by atoms with Crippen LogP contribution >= 0.6 is 15.9 Å². The van der Waals surface area contributed by atoms with Gasteiger partial charge >= 0.3 is 0 Å². The Morgan fingerprint density at radius 1 is 1.42 bits per heavy atom.